The molecule has 0 saturated carbocycles. The number of aliphatic imine (C=N–C) groups is 1. The van der Waals surface area contributed by atoms with Crippen LogP contribution in [0.5, 0.6) is 0 Å². The SMILES string of the molecule is CCNC(=NCc1nnc2n1CCCCC2)N1CCN(c2cccc(C(F)(F)F)c2)CC1.I. The number of hydrogen-bond donors (Lipinski definition) is 1. The Hall–Kier alpha value is -2.05. The number of piperazine rings is 1. The lowest BCUT2D eigenvalue weighted by Crippen LogP contribution is -2.52. The summed E-state index contributed by atoms with van der Waals surface area (Å²) >= 11 is 0. The lowest BCUT2D eigenvalue weighted by molar-refractivity contribution is -0.137. The maximum atomic E-state index is 13.1. The first-order valence-corrected chi connectivity index (χ1v) is 11.3. The number of alkyl halides is 3. The summed E-state index contributed by atoms with van der Waals surface area (Å²) in [6.07, 6.45) is 0.140. The topological polar surface area (TPSA) is 61.6 Å². The zero-order chi connectivity index (χ0) is 22.6. The second-order valence-corrected chi connectivity index (χ2v) is 8.19. The van der Waals surface area contributed by atoms with Crippen molar-refractivity contribution >= 4 is 35.6 Å². The number of aromatic nitrogens is 3. The van der Waals surface area contributed by atoms with Gasteiger partial charge in [0, 0.05) is 51.4 Å². The van der Waals surface area contributed by atoms with Gasteiger partial charge < -0.3 is 19.7 Å². The van der Waals surface area contributed by atoms with E-state index in [0.717, 1.165) is 56.0 Å². The summed E-state index contributed by atoms with van der Waals surface area (Å²) in [6, 6.07) is 5.55. The van der Waals surface area contributed by atoms with Crippen molar-refractivity contribution < 1.29 is 13.2 Å². The van der Waals surface area contributed by atoms with Crippen molar-refractivity contribution in [3.63, 3.8) is 0 Å². The number of guanidine groups is 1. The lowest BCUT2D eigenvalue weighted by Gasteiger charge is -2.38. The van der Waals surface area contributed by atoms with Crippen LogP contribution < -0.4 is 10.2 Å². The molecule has 0 atom stereocenters. The summed E-state index contributed by atoms with van der Waals surface area (Å²) < 4.78 is 41.4. The maximum absolute atomic E-state index is 13.1. The number of benzene rings is 1. The molecule has 1 aromatic carbocycles. The molecule has 0 aliphatic carbocycles. The minimum Gasteiger partial charge on any atom is -0.368 e. The van der Waals surface area contributed by atoms with Crippen LogP contribution in [0, 0.1) is 0 Å². The van der Waals surface area contributed by atoms with Gasteiger partial charge in [0.15, 0.2) is 11.8 Å². The maximum Gasteiger partial charge on any atom is 0.416 e. The van der Waals surface area contributed by atoms with Crippen molar-refractivity contribution in [1.29, 1.82) is 0 Å². The Labute approximate surface area is 209 Å². The predicted molar refractivity (Wildman–Crippen MR) is 133 cm³/mol. The number of halogens is 4. The molecule has 1 N–H and O–H groups in total. The summed E-state index contributed by atoms with van der Waals surface area (Å²) in [4.78, 5) is 8.96. The normalized spacial score (nSPS) is 17.3. The van der Waals surface area contributed by atoms with Crippen molar-refractivity contribution in [2.75, 3.05) is 37.6 Å². The highest BCUT2D eigenvalue weighted by atomic mass is 127. The molecule has 11 heteroatoms. The van der Waals surface area contributed by atoms with E-state index >= 15 is 0 Å². The van der Waals surface area contributed by atoms with Crippen LogP contribution in [0.15, 0.2) is 29.3 Å². The van der Waals surface area contributed by atoms with Gasteiger partial charge in [0.1, 0.15) is 12.4 Å². The molecule has 3 heterocycles. The van der Waals surface area contributed by atoms with E-state index in [0.29, 0.717) is 38.4 Å². The Balaban J connectivity index is 0.00000306. The lowest BCUT2D eigenvalue weighted by atomic mass is 10.1. The monoisotopic (exact) mass is 577 g/mol. The van der Waals surface area contributed by atoms with Crippen LogP contribution in [0.1, 0.15) is 43.4 Å². The molecule has 33 heavy (non-hydrogen) atoms. The Kier molecular flexibility index (Phi) is 8.82. The number of rotatable bonds is 4. The molecule has 4 rings (SSSR count). The van der Waals surface area contributed by atoms with Gasteiger partial charge in [0.2, 0.25) is 0 Å². The smallest absolute Gasteiger partial charge is 0.368 e. The van der Waals surface area contributed by atoms with Crippen LogP contribution in [0.25, 0.3) is 0 Å². The number of anilines is 1. The van der Waals surface area contributed by atoms with Crippen LogP contribution in [0.2, 0.25) is 0 Å². The largest absolute Gasteiger partial charge is 0.416 e. The second kappa shape index (κ2) is 11.4. The molecular weight excluding hydrogens is 546 g/mol. The third kappa shape index (κ3) is 6.30. The molecule has 0 bridgehead atoms. The quantitative estimate of drug-likeness (QED) is 0.339. The van der Waals surface area contributed by atoms with E-state index in [1.165, 1.54) is 18.6 Å². The van der Waals surface area contributed by atoms with Crippen molar-refractivity contribution in [3.8, 4) is 0 Å². The molecule has 0 amide bonds. The molecule has 2 aromatic rings. The number of nitrogens with zero attached hydrogens (tertiary/aromatic N) is 6. The zero-order valence-electron chi connectivity index (χ0n) is 18.8. The van der Waals surface area contributed by atoms with E-state index in [2.05, 4.69) is 25.0 Å². The predicted octanol–water partition coefficient (Wildman–Crippen LogP) is 3.93. The Morgan fingerprint density at radius 3 is 2.58 bits per heavy atom. The first-order chi connectivity index (χ1) is 15.5. The van der Waals surface area contributed by atoms with Gasteiger partial charge in [0.25, 0.3) is 0 Å². The number of aryl methyl sites for hydroxylation is 1. The van der Waals surface area contributed by atoms with Crippen molar-refractivity contribution in [2.45, 2.75) is 51.9 Å². The van der Waals surface area contributed by atoms with Crippen LogP contribution in [-0.4, -0.2) is 58.3 Å². The molecule has 1 fully saturated rings. The van der Waals surface area contributed by atoms with Gasteiger partial charge in [-0.3, -0.25) is 0 Å². The summed E-state index contributed by atoms with van der Waals surface area (Å²) in [5, 5.41) is 12.0. The fourth-order valence-corrected chi connectivity index (χ4v) is 4.29. The Bertz CT molecular complexity index is 936. The summed E-state index contributed by atoms with van der Waals surface area (Å²) in [5.74, 6) is 2.74. The van der Waals surface area contributed by atoms with E-state index in [9.17, 15) is 13.2 Å². The first kappa shape index (κ1) is 25.6. The third-order valence-corrected chi connectivity index (χ3v) is 6.01. The van der Waals surface area contributed by atoms with Crippen molar-refractivity contribution in [2.24, 2.45) is 4.99 Å². The summed E-state index contributed by atoms with van der Waals surface area (Å²) in [6.45, 7) is 6.79. The molecule has 0 unspecified atom stereocenters. The van der Waals surface area contributed by atoms with Gasteiger partial charge in [-0.1, -0.05) is 12.5 Å². The average Bonchev–Trinajstić information content (AvgIpc) is 3.02. The first-order valence-electron chi connectivity index (χ1n) is 11.3. The summed E-state index contributed by atoms with van der Waals surface area (Å²) in [5.41, 5.74) is -0.00709. The van der Waals surface area contributed by atoms with Gasteiger partial charge in [-0.15, -0.1) is 34.2 Å². The van der Waals surface area contributed by atoms with Crippen LogP contribution in [-0.2, 0) is 25.7 Å². The highest BCUT2D eigenvalue weighted by Crippen LogP contribution is 2.31. The molecule has 0 radical (unpaired) electrons. The minimum atomic E-state index is -4.33. The molecule has 7 nitrogen and oxygen atoms in total. The van der Waals surface area contributed by atoms with Gasteiger partial charge in [-0.05, 0) is 38.0 Å². The highest BCUT2D eigenvalue weighted by Gasteiger charge is 2.31. The zero-order valence-corrected chi connectivity index (χ0v) is 21.1. The van der Waals surface area contributed by atoms with Gasteiger partial charge in [-0.25, -0.2) is 4.99 Å². The molecular formula is C22H31F3IN7. The van der Waals surface area contributed by atoms with Crippen LogP contribution in [0.4, 0.5) is 18.9 Å². The number of nitrogens with one attached hydrogen (secondary N) is 1. The van der Waals surface area contributed by atoms with E-state index in [1.54, 1.807) is 6.07 Å². The Morgan fingerprint density at radius 2 is 1.85 bits per heavy atom. The third-order valence-electron chi connectivity index (χ3n) is 6.01. The van der Waals surface area contributed by atoms with Crippen LogP contribution in [0.3, 0.4) is 0 Å². The molecule has 2 aliphatic rings. The molecule has 0 spiro atoms. The minimum absolute atomic E-state index is 0. The van der Waals surface area contributed by atoms with Crippen molar-refractivity contribution in [1.82, 2.24) is 25.0 Å². The number of hydrogen-bond acceptors (Lipinski definition) is 4. The fraction of sp³-hybridized carbons (Fsp3) is 0.591. The standard InChI is InChI=1S/C22H30F3N7.HI/c1-2-26-21(27-16-20-29-28-19-9-4-3-5-10-32(19)20)31-13-11-30(12-14-31)18-8-6-7-17(15-18)22(23,24)25;/h6-8,15H,2-5,9-14,16H2,1H3,(H,26,27);1H. The van der Waals surface area contributed by atoms with Gasteiger partial charge >= 0.3 is 6.18 Å². The number of fused-ring (bicyclic) bond motifs is 1. The summed E-state index contributed by atoms with van der Waals surface area (Å²) in [7, 11) is 0. The van der Waals surface area contributed by atoms with Gasteiger partial charge in [-0.2, -0.15) is 13.2 Å². The molecule has 1 saturated heterocycles. The van der Waals surface area contributed by atoms with E-state index in [4.69, 9.17) is 4.99 Å². The highest BCUT2D eigenvalue weighted by molar-refractivity contribution is 14.0. The fourth-order valence-electron chi connectivity index (χ4n) is 4.29. The van der Waals surface area contributed by atoms with Crippen molar-refractivity contribution in [3.05, 3.63) is 41.5 Å². The molecule has 2 aliphatic heterocycles. The van der Waals surface area contributed by atoms with E-state index < -0.39 is 11.7 Å². The van der Waals surface area contributed by atoms with E-state index in [-0.39, 0.29) is 24.0 Å². The van der Waals surface area contributed by atoms with E-state index in [1.807, 2.05) is 11.8 Å². The Morgan fingerprint density at radius 1 is 1.06 bits per heavy atom. The average molecular weight is 577 g/mol. The molecule has 182 valence electrons. The molecule has 1 aromatic heterocycles. The second-order valence-electron chi connectivity index (χ2n) is 8.19. The van der Waals surface area contributed by atoms with Crippen LogP contribution >= 0.6 is 24.0 Å². The van der Waals surface area contributed by atoms with Gasteiger partial charge in [0.05, 0.1) is 5.56 Å².